The van der Waals surface area contributed by atoms with Crippen LogP contribution in [0.5, 0.6) is 0 Å². The minimum absolute atomic E-state index is 0.142. The molecule has 0 aromatic heterocycles. The Balaban J connectivity index is 2.93. The van der Waals surface area contributed by atoms with Gasteiger partial charge in [-0.15, -0.1) is 0 Å². The van der Waals surface area contributed by atoms with Gasteiger partial charge in [0.15, 0.2) is 0 Å². The molecular formula is C10H13BrN4O. The van der Waals surface area contributed by atoms with Gasteiger partial charge in [0.2, 0.25) is 5.96 Å². The molecule has 0 heterocycles. The van der Waals surface area contributed by atoms with E-state index < -0.39 is 6.03 Å². The zero-order valence-corrected chi connectivity index (χ0v) is 10.6. The zero-order chi connectivity index (χ0) is 12.3. The van der Waals surface area contributed by atoms with Gasteiger partial charge >= 0.3 is 6.03 Å². The van der Waals surface area contributed by atoms with E-state index in [1.165, 1.54) is 0 Å². The number of carbonyl (C=O) groups excluding carboxylic acids is 1. The topological polar surface area (TPSA) is 91.0 Å². The molecule has 1 aromatic carbocycles. The number of urea groups is 1. The lowest BCUT2D eigenvalue weighted by Gasteiger charge is -2.14. The second kappa shape index (κ2) is 4.98. The number of primary amides is 1. The summed E-state index contributed by atoms with van der Waals surface area (Å²) in [5.41, 5.74) is 7.65. The van der Waals surface area contributed by atoms with Crippen molar-refractivity contribution < 1.29 is 4.79 Å². The Morgan fingerprint density at radius 1 is 1.44 bits per heavy atom. The number of rotatable bonds is 1. The highest BCUT2D eigenvalue weighted by atomic mass is 79.9. The summed E-state index contributed by atoms with van der Waals surface area (Å²) in [5, 5.41) is 12.4. The van der Waals surface area contributed by atoms with Crippen LogP contribution in [0.4, 0.5) is 10.5 Å². The molecule has 1 rings (SSSR count). The fourth-order valence-corrected chi connectivity index (χ4v) is 1.62. The average Bonchev–Trinajstić information content (AvgIpc) is 2.17. The van der Waals surface area contributed by atoms with Crippen LogP contribution in [0.15, 0.2) is 16.6 Å². The molecule has 5 nitrogen and oxygen atoms in total. The SMILES string of the molecule is Cc1ccc(Br)c(C)c1NC(=N)NC(N)=O. The molecule has 0 radical (unpaired) electrons. The van der Waals surface area contributed by atoms with E-state index in [2.05, 4.69) is 26.6 Å². The number of halogens is 1. The number of carbonyl (C=O) groups is 1. The van der Waals surface area contributed by atoms with Crippen molar-refractivity contribution in [3.63, 3.8) is 0 Å². The van der Waals surface area contributed by atoms with Gasteiger partial charge in [-0.05, 0) is 31.0 Å². The van der Waals surface area contributed by atoms with Gasteiger partial charge in [0.1, 0.15) is 0 Å². The van der Waals surface area contributed by atoms with Crippen LogP contribution >= 0.6 is 15.9 Å². The third-order valence-corrected chi connectivity index (χ3v) is 2.96. The lowest BCUT2D eigenvalue weighted by molar-refractivity contribution is 0.253. The highest BCUT2D eigenvalue weighted by molar-refractivity contribution is 9.10. The van der Waals surface area contributed by atoms with E-state index >= 15 is 0 Å². The zero-order valence-electron chi connectivity index (χ0n) is 9.02. The van der Waals surface area contributed by atoms with Crippen LogP contribution in [-0.2, 0) is 0 Å². The van der Waals surface area contributed by atoms with Crippen molar-refractivity contribution >= 4 is 33.6 Å². The van der Waals surface area contributed by atoms with Gasteiger partial charge in [0.05, 0.1) is 0 Å². The Hall–Kier alpha value is -1.56. The summed E-state index contributed by atoms with van der Waals surface area (Å²) in [6.07, 6.45) is 0. The maximum Gasteiger partial charge on any atom is 0.318 e. The standard InChI is InChI=1S/C10H13BrN4O/c1-5-3-4-7(11)6(2)8(5)14-9(12)15-10(13)16/h3-4H,1-2H3,(H5,12,13,14,15,16). The van der Waals surface area contributed by atoms with Crippen molar-refractivity contribution in [3.8, 4) is 0 Å². The highest BCUT2D eigenvalue weighted by Crippen LogP contribution is 2.27. The second-order valence-electron chi connectivity index (χ2n) is 3.35. The first-order valence-corrected chi connectivity index (χ1v) is 5.39. The molecule has 0 aliphatic carbocycles. The van der Waals surface area contributed by atoms with Crippen molar-refractivity contribution in [2.45, 2.75) is 13.8 Å². The first-order chi connectivity index (χ1) is 7.41. The Morgan fingerprint density at radius 2 is 2.06 bits per heavy atom. The Morgan fingerprint density at radius 3 is 2.62 bits per heavy atom. The molecule has 0 fully saturated rings. The van der Waals surface area contributed by atoms with Crippen LogP contribution in [0.25, 0.3) is 0 Å². The molecule has 5 N–H and O–H groups in total. The van der Waals surface area contributed by atoms with Crippen LogP contribution < -0.4 is 16.4 Å². The fraction of sp³-hybridized carbons (Fsp3) is 0.200. The summed E-state index contributed by atoms with van der Waals surface area (Å²) < 4.78 is 0.937. The molecule has 0 aliphatic heterocycles. The molecule has 0 bridgehead atoms. The molecule has 2 amide bonds. The molecule has 0 saturated heterocycles. The molecule has 0 aliphatic rings. The van der Waals surface area contributed by atoms with Crippen molar-refractivity contribution in [2.75, 3.05) is 5.32 Å². The Labute approximate surface area is 102 Å². The first-order valence-electron chi connectivity index (χ1n) is 4.59. The van der Waals surface area contributed by atoms with E-state index in [1.54, 1.807) is 0 Å². The summed E-state index contributed by atoms with van der Waals surface area (Å²) in [5.74, 6) is -0.142. The van der Waals surface area contributed by atoms with Gasteiger partial charge in [-0.3, -0.25) is 10.7 Å². The maximum absolute atomic E-state index is 10.6. The minimum Gasteiger partial charge on any atom is -0.351 e. The number of anilines is 1. The molecule has 0 atom stereocenters. The normalized spacial score (nSPS) is 9.69. The summed E-state index contributed by atoms with van der Waals surface area (Å²) in [4.78, 5) is 10.6. The van der Waals surface area contributed by atoms with Crippen molar-refractivity contribution in [3.05, 3.63) is 27.7 Å². The van der Waals surface area contributed by atoms with Gasteiger partial charge in [-0.1, -0.05) is 22.0 Å². The van der Waals surface area contributed by atoms with Crippen LogP contribution in [-0.4, -0.2) is 12.0 Å². The van der Waals surface area contributed by atoms with Crippen molar-refractivity contribution in [2.24, 2.45) is 5.73 Å². The van der Waals surface area contributed by atoms with Gasteiger partial charge in [-0.25, -0.2) is 4.79 Å². The third-order valence-electron chi connectivity index (χ3n) is 2.11. The average molecular weight is 285 g/mol. The monoisotopic (exact) mass is 284 g/mol. The van der Waals surface area contributed by atoms with Gasteiger partial charge in [-0.2, -0.15) is 0 Å². The van der Waals surface area contributed by atoms with E-state index in [0.29, 0.717) is 0 Å². The molecule has 0 saturated carbocycles. The van der Waals surface area contributed by atoms with E-state index in [0.717, 1.165) is 21.3 Å². The first kappa shape index (κ1) is 12.5. The highest BCUT2D eigenvalue weighted by Gasteiger charge is 2.08. The second-order valence-corrected chi connectivity index (χ2v) is 4.21. The van der Waals surface area contributed by atoms with Crippen LogP contribution in [0.1, 0.15) is 11.1 Å². The number of nitrogens with two attached hydrogens (primary N) is 1. The number of guanidine groups is 1. The number of amides is 2. The number of hydrogen-bond acceptors (Lipinski definition) is 2. The molecule has 86 valence electrons. The van der Waals surface area contributed by atoms with Gasteiger partial charge in [0, 0.05) is 10.2 Å². The molecule has 0 unspecified atom stereocenters. The summed E-state index contributed by atoms with van der Waals surface area (Å²) in [6, 6.07) is 3.08. The molecule has 16 heavy (non-hydrogen) atoms. The van der Waals surface area contributed by atoms with Gasteiger partial charge in [0.25, 0.3) is 0 Å². The fourth-order valence-electron chi connectivity index (χ4n) is 1.29. The van der Waals surface area contributed by atoms with Crippen molar-refractivity contribution in [1.29, 1.82) is 5.41 Å². The smallest absolute Gasteiger partial charge is 0.318 e. The molecular weight excluding hydrogens is 272 g/mol. The maximum atomic E-state index is 10.6. The predicted octanol–water partition coefficient (Wildman–Crippen LogP) is 2.08. The third kappa shape index (κ3) is 2.96. The van der Waals surface area contributed by atoms with E-state index in [9.17, 15) is 4.79 Å². The predicted molar refractivity (Wildman–Crippen MR) is 67.7 cm³/mol. The number of aryl methyl sites for hydroxylation is 1. The number of hydrogen-bond donors (Lipinski definition) is 4. The van der Waals surface area contributed by atoms with E-state index in [1.807, 2.05) is 26.0 Å². The largest absolute Gasteiger partial charge is 0.351 e. The van der Waals surface area contributed by atoms with Crippen LogP contribution in [0, 0.1) is 19.3 Å². The molecule has 6 heteroatoms. The molecule has 0 spiro atoms. The number of benzene rings is 1. The summed E-state index contributed by atoms with van der Waals surface area (Å²) >= 11 is 3.40. The van der Waals surface area contributed by atoms with Gasteiger partial charge < -0.3 is 11.1 Å². The summed E-state index contributed by atoms with van der Waals surface area (Å²) in [7, 11) is 0. The number of nitrogens with one attached hydrogen (secondary N) is 3. The quantitative estimate of drug-likeness (QED) is 0.470. The van der Waals surface area contributed by atoms with Crippen LogP contribution in [0.2, 0.25) is 0 Å². The lowest BCUT2D eigenvalue weighted by Crippen LogP contribution is -2.38. The van der Waals surface area contributed by atoms with E-state index in [-0.39, 0.29) is 5.96 Å². The lowest BCUT2D eigenvalue weighted by atomic mass is 10.1. The Kier molecular flexibility index (Phi) is 3.89. The Bertz CT molecular complexity index is 445. The molecule has 1 aromatic rings. The van der Waals surface area contributed by atoms with Crippen LogP contribution in [0.3, 0.4) is 0 Å². The summed E-state index contributed by atoms with van der Waals surface area (Å²) in [6.45, 7) is 3.83. The van der Waals surface area contributed by atoms with E-state index in [4.69, 9.17) is 11.1 Å². The van der Waals surface area contributed by atoms with Crippen molar-refractivity contribution in [1.82, 2.24) is 5.32 Å². The minimum atomic E-state index is -0.761.